The molecule has 0 aromatic carbocycles. The number of rotatable bonds is 37. The van der Waals surface area contributed by atoms with Gasteiger partial charge in [-0.25, -0.2) is 4.57 Å². The molecule has 0 saturated carbocycles. The highest BCUT2D eigenvalue weighted by atomic mass is 31.2. The van der Waals surface area contributed by atoms with Gasteiger partial charge in [0.05, 0.1) is 13.2 Å². The van der Waals surface area contributed by atoms with E-state index in [-0.39, 0.29) is 32.0 Å². The highest BCUT2D eigenvalue weighted by Gasteiger charge is 2.25. The summed E-state index contributed by atoms with van der Waals surface area (Å²) in [5, 5.41) is 0. The molecule has 51 heavy (non-hydrogen) atoms. The average Bonchev–Trinajstić information content (AvgIpc) is 3.10. The summed E-state index contributed by atoms with van der Waals surface area (Å²) in [5.74, 6) is -0.839. The zero-order chi connectivity index (χ0) is 37.5. The molecule has 0 aliphatic heterocycles. The third-order valence-corrected chi connectivity index (χ3v) is 9.43. The molecule has 0 aliphatic carbocycles. The van der Waals surface area contributed by atoms with E-state index in [2.05, 4.69) is 62.5 Å². The highest BCUT2D eigenvalue weighted by Crippen LogP contribution is 2.43. The van der Waals surface area contributed by atoms with Crippen LogP contribution in [0.2, 0.25) is 0 Å². The van der Waals surface area contributed by atoms with Gasteiger partial charge in [0.2, 0.25) is 0 Å². The lowest BCUT2D eigenvalue weighted by Gasteiger charge is -2.19. The molecule has 0 fully saturated rings. The topological polar surface area (TPSA) is 108 Å². The van der Waals surface area contributed by atoms with Gasteiger partial charge in [-0.05, 0) is 77.6 Å². The van der Waals surface area contributed by atoms with Crippen LogP contribution in [0.15, 0.2) is 48.6 Å². The van der Waals surface area contributed by atoms with Crippen molar-refractivity contribution in [2.24, 2.45) is 0 Å². The quantitative estimate of drug-likeness (QED) is 0.0290. The third-order valence-electron chi connectivity index (χ3n) is 8.37. The molecule has 0 spiro atoms. The third kappa shape index (κ3) is 37.6. The van der Waals surface area contributed by atoms with E-state index in [1.165, 1.54) is 83.5 Å². The number of hydrogen-bond donors (Lipinski definition) is 1. The minimum atomic E-state index is -4.29. The number of phosphoric ester groups is 1. The molecule has 2 atom stereocenters. The van der Waals surface area contributed by atoms with Crippen molar-refractivity contribution in [2.45, 2.75) is 187 Å². The SMILES string of the molecule is CC/C=C\C/C=C\C/C=C\CCCCCC(=O)OC(COC(=O)CCCCCCCCC/C=C\CCCCCCCCC)COP(=O)(O)OCC. The van der Waals surface area contributed by atoms with Crippen molar-refractivity contribution in [3.63, 3.8) is 0 Å². The monoisotopic (exact) mass is 739 g/mol. The van der Waals surface area contributed by atoms with Crippen LogP contribution in [-0.4, -0.2) is 42.8 Å². The van der Waals surface area contributed by atoms with Crippen molar-refractivity contribution in [3.05, 3.63) is 48.6 Å². The zero-order valence-electron chi connectivity index (χ0n) is 32.7. The Bertz CT molecular complexity index is 974. The summed E-state index contributed by atoms with van der Waals surface area (Å²) in [6.07, 6.45) is 43.1. The minimum Gasteiger partial charge on any atom is -0.462 e. The van der Waals surface area contributed by atoms with Gasteiger partial charge in [0.25, 0.3) is 0 Å². The van der Waals surface area contributed by atoms with E-state index in [9.17, 15) is 19.0 Å². The molecule has 2 unspecified atom stereocenters. The van der Waals surface area contributed by atoms with Gasteiger partial charge in [0.1, 0.15) is 6.61 Å². The van der Waals surface area contributed by atoms with Gasteiger partial charge in [-0.1, -0.05) is 140 Å². The lowest BCUT2D eigenvalue weighted by molar-refractivity contribution is -0.161. The summed E-state index contributed by atoms with van der Waals surface area (Å²) in [4.78, 5) is 34.6. The van der Waals surface area contributed by atoms with Gasteiger partial charge in [-0.2, -0.15) is 0 Å². The van der Waals surface area contributed by atoms with Crippen LogP contribution < -0.4 is 0 Å². The molecular weight excluding hydrogens is 663 g/mol. The smallest absolute Gasteiger partial charge is 0.462 e. The second-order valence-electron chi connectivity index (χ2n) is 13.3. The first-order valence-electron chi connectivity index (χ1n) is 20.4. The number of carbonyl (C=O) groups excluding carboxylic acids is 2. The molecule has 0 saturated heterocycles. The second-order valence-corrected chi connectivity index (χ2v) is 14.7. The number of phosphoric acid groups is 1. The summed E-state index contributed by atoms with van der Waals surface area (Å²) in [6, 6.07) is 0. The summed E-state index contributed by atoms with van der Waals surface area (Å²) in [7, 11) is -4.29. The Balaban J connectivity index is 4.13. The Morgan fingerprint density at radius 1 is 0.549 bits per heavy atom. The number of esters is 2. The van der Waals surface area contributed by atoms with Crippen LogP contribution in [0.3, 0.4) is 0 Å². The lowest BCUT2D eigenvalue weighted by atomic mass is 10.1. The number of allylic oxidation sites excluding steroid dienone is 8. The first-order valence-corrected chi connectivity index (χ1v) is 21.9. The van der Waals surface area contributed by atoms with Crippen LogP contribution in [0.1, 0.15) is 181 Å². The first-order chi connectivity index (χ1) is 24.8. The number of carbonyl (C=O) groups is 2. The molecule has 0 bridgehead atoms. The Morgan fingerprint density at radius 2 is 1.00 bits per heavy atom. The van der Waals surface area contributed by atoms with Crippen molar-refractivity contribution < 1.29 is 37.6 Å². The van der Waals surface area contributed by atoms with E-state index in [1.54, 1.807) is 6.92 Å². The van der Waals surface area contributed by atoms with Gasteiger partial charge >= 0.3 is 19.8 Å². The highest BCUT2D eigenvalue weighted by molar-refractivity contribution is 7.47. The molecule has 296 valence electrons. The van der Waals surface area contributed by atoms with E-state index >= 15 is 0 Å². The van der Waals surface area contributed by atoms with Crippen molar-refractivity contribution >= 4 is 19.8 Å². The largest absolute Gasteiger partial charge is 0.472 e. The van der Waals surface area contributed by atoms with Gasteiger partial charge in [-0.15, -0.1) is 0 Å². The summed E-state index contributed by atoms with van der Waals surface area (Å²) in [5.41, 5.74) is 0. The lowest BCUT2D eigenvalue weighted by Crippen LogP contribution is -2.29. The number of ether oxygens (including phenoxy) is 2. The number of unbranched alkanes of at least 4 members (excludes halogenated alkanes) is 17. The molecule has 8 nitrogen and oxygen atoms in total. The van der Waals surface area contributed by atoms with Crippen LogP contribution in [-0.2, 0) is 32.7 Å². The Labute approximate surface area is 312 Å². The average molecular weight is 739 g/mol. The molecule has 0 aliphatic rings. The molecule has 0 rings (SSSR count). The summed E-state index contributed by atoms with van der Waals surface area (Å²) >= 11 is 0. The standard InChI is InChI=1S/C42H75O8P/c1-4-7-9-11-13-15-17-19-20-21-22-23-25-26-28-30-32-34-36-41(43)47-38-40(39-49-51(45,46)48-6-3)50-42(44)37-35-33-31-29-27-24-18-16-14-12-10-8-5-2/h8,10,14,16,20-21,24,27,40H,4-7,9,11-13,15,17-19,22-23,25-26,28-39H2,1-3H3,(H,45,46)/b10-8-,16-14-,21-20-,27-24-. The van der Waals surface area contributed by atoms with Crippen LogP contribution in [0.5, 0.6) is 0 Å². The van der Waals surface area contributed by atoms with Gasteiger partial charge in [0.15, 0.2) is 6.10 Å². The van der Waals surface area contributed by atoms with Crippen molar-refractivity contribution in [2.75, 3.05) is 19.8 Å². The van der Waals surface area contributed by atoms with Gasteiger partial charge in [0, 0.05) is 12.8 Å². The van der Waals surface area contributed by atoms with E-state index in [0.717, 1.165) is 57.8 Å². The predicted octanol–water partition coefficient (Wildman–Crippen LogP) is 12.6. The maximum Gasteiger partial charge on any atom is 0.472 e. The number of hydrogen-bond acceptors (Lipinski definition) is 7. The van der Waals surface area contributed by atoms with Crippen LogP contribution in [0.25, 0.3) is 0 Å². The fourth-order valence-electron chi connectivity index (χ4n) is 5.40. The maximum atomic E-state index is 12.5. The second kappa shape index (κ2) is 37.8. The molecule has 0 aromatic heterocycles. The van der Waals surface area contributed by atoms with Crippen LogP contribution in [0, 0.1) is 0 Å². The van der Waals surface area contributed by atoms with E-state index < -0.39 is 26.5 Å². The normalized spacial score (nSPS) is 13.9. The van der Waals surface area contributed by atoms with Gasteiger partial charge in [-0.3, -0.25) is 18.6 Å². The first kappa shape index (κ1) is 49.0. The molecule has 0 aromatic rings. The molecule has 0 heterocycles. The summed E-state index contributed by atoms with van der Waals surface area (Å²) in [6.45, 7) is 5.31. The molecular formula is C42H75O8P. The maximum absolute atomic E-state index is 12.5. The van der Waals surface area contributed by atoms with Crippen molar-refractivity contribution in [1.29, 1.82) is 0 Å². The van der Waals surface area contributed by atoms with E-state index in [0.29, 0.717) is 6.42 Å². The summed E-state index contributed by atoms with van der Waals surface area (Å²) < 4.78 is 32.5. The Hall–Kier alpha value is -1.99. The molecule has 0 amide bonds. The van der Waals surface area contributed by atoms with Crippen molar-refractivity contribution in [1.82, 2.24) is 0 Å². The van der Waals surface area contributed by atoms with E-state index in [4.69, 9.17) is 18.5 Å². The Kier molecular flexibility index (Phi) is 36.3. The Morgan fingerprint density at radius 3 is 1.55 bits per heavy atom. The van der Waals surface area contributed by atoms with E-state index in [1.807, 2.05) is 0 Å². The van der Waals surface area contributed by atoms with Gasteiger partial charge < -0.3 is 14.4 Å². The minimum absolute atomic E-state index is 0.00744. The van der Waals surface area contributed by atoms with Crippen LogP contribution >= 0.6 is 7.82 Å². The van der Waals surface area contributed by atoms with Crippen molar-refractivity contribution in [3.8, 4) is 0 Å². The molecule has 0 radical (unpaired) electrons. The predicted molar refractivity (Wildman–Crippen MR) is 212 cm³/mol. The fraction of sp³-hybridized carbons (Fsp3) is 0.762. The van der Waals surface area contributed by atoms with Crippen LogP contribution in [0.4, 0.5) is 0 Å². The zero-order valence-corrected chi connectivity index (χ0v) is 33.6. The molecule has 9 heteroatoms. The molecule has 1 N–H and O–H groups in total. The fourth-order valence-corrected chi connectivity index (χ4v) is 6.16.